The molecule has 1 aliphatic heterocycles. The number of benzene rings is 1. The molecule has 162 valence electrons. The van der Waals surface area contributed by atoms with Crippen molar-refractivity contribution in [2.75, 3.05) is 19.8 Å². The molecule has 0 spiro atoms. The second-order valence-electron chi connectivity index (χ2n) is 7.67. The molecule has 1 saturated heterocycles. The summed E-state index contributed by atoms with van der Waals surface area (Å²) < 4.78 is 22.8. The third-order valence-electron chi connectivity index (χ3n) is 5.11. The van der Waals surface area contributed by atoms with Gasteiger partial charge in [-0.3, -0.25) is 0 Å². The fraction of sp³-hybridized carbons (Fsp3) is 0.480. The standard InChI is InChI=1S/C25H32O5/c1-4-27-25(26)22(30-23-12-8-9-13-28-23)16-21-14-18(2)24(19(3)15-21)29-17-20-10-6-5-7-11-20/h6,10-11,14-16,23H,4-5,7-9,12-13,17H2,1-3H3/b22-16-. The van der Waals surface area contributed by atoms with Crippen LogP contribution in [0.4, 0.5) is 0 Å². The van der Waals surface area contributed by atoms with E-state index in [-0.39, 0.29) is 5.76 Å². The van der Waals surface area contributed by atoms with E-state index in [2.05, 4.69) is 18.2 Å². The van der Waals surface area contributed by atoms with Crippen molar-refractivity contribution in [3.05, 3.63) is 58.4 Å². The first kappa shape index (κ1) is 22.2. The highest BCUT2D eigenvalue weighted by Crippen LogP contribution is 2.28. The summed E-state index contributed by atoms with van der Waals surface area (Å²) in [6.07, 6.45) is 12.8. The minimum Gasteiger partial charge on any atom is -0.488 e. The number of allylic oxidation sites excluding steroid dienone is 2. The number of aryl methyl sites for hydroxylation is 2. The van der Waals surface area contributed by atoms with Gasteiger partial charge in [0.2, 0.25) is 5.76 Å². The monoisotopic (exact) mass is 412 g/mol. The number of carbonyl (C=O) groups excluding carboxylic acids is 1. The molecule has 5 nitrogen and oxygen atoms in total. The molecule has 0 aromatic heterocycles. The van der Waals surface area contributed by atoms with E-state index >= 15 is 0 Å². The Morgan fingerprint density at radius 1 is 1.20 bits per heavy atom. The van der Waals surface area contributed by atoms with E-state index in [0.717, 1.165) is 54.5 Å². The van der Waals surface area contributed by atoms with Crippen LogP contribution in [0.2, 0.25) is 0 Å². The van der Waals surface area contributed by atoms with Gasteiger partial charge in [0.25, 0.3) is 0 Å². The molecular formula is C25H32O5. The van der Waals surface area contributed by atoms with Crippen molar-refractivity contribution < 1.29 is 23.7 Å². The molecule has 0 amide bonds. The summed E-state index contributed by atoms with van der Waals surface area (Å²) in [5.41, 5.74) is 4.10. The van der Waals surface area contributed by atoms with Gasteiger partial charge in [0.05, 0.1) is 13.2 Å². The van der Waals surface area contributed by atoms with Crippen molar-refractivity contribution in [1.82, 2.24) is 0 Å². The summed E-state index contributed by atoms with van der Waals surface area (Å²) in [5, 5.41) is 0. The summed E-state index contributed by atoms with van der Waals surface area (Å²) in [5.74, 6) is 0.577. The molecule has 3 rings (SSSR count). The maximum atomic E-state index is 12.4. The van der Waals surface area contributed by atoms with Crippen LogP contribution in [-0.2, 0) is 19.0 Å². The molecule has 1 heterocycles. The average molecular weight is 413 g/mol. The summed E-state index contributed by atoms with van der Waals surface area (Å²) in [6.45, 7) is 7.31. The third-order valence-corrected chi connectivity index (χ3v) is 5.11. The zero-order valence-corrected chi connectivity index (χ0v) is 18.2. The lowest BCUT2D eigenvalue weighted by Crippen LogP contribution is -2.24. The molecule has 30 heavy (non-hydrogen) atoms. The molecule has 1 atom stereocenters. The Hall–Kier alpha value is -2.53. The van der Waals surface area contributed by atoms with E-state index in [1.165, 1.54) is 5.57 Å². The van der Waals surface area contributed by atoms with E-state index in [1.807, 2.05) is 26.0 Å². The van der Waals surface area contributed by atoms with E-state index in [9.17, 15) is 4.79 Å². The molecule has 5 heteroatoms. The largest absolute Gasteiger partial charge is 0.488 e. The van der Waals surface area contributed by atoms with Crippen LogP contribution in [0.5, 0.6) is 5.75 Å². The third kappa shape index (κ3) is 6.23. The summed E-state index contributed by atoms with van der Waals surface area (Å²) in [6, 6.07) is 4.00. The SMILES string of the molecule is CCOC(=O)/C(=C/c1cc(C)c(OCC2=CCCC=C2)c(C)c1)OC1CCCCO1. The Bertz CT molecular complexity index is 805. The Kier molecular flexibility index (Phi) is 8.14. The van der Waals surface area contributed by atoms with Crippen LogP contribution in [0.25, 0.3) is 6.08 Å². The van der Waals surface area contributed by atoms with Gasteiger partial charge >= 0.3 is 5.97 Å². The van der Waals surface area contributed by atoms with Crippen molar-refractivity contribution in [3.63, 3.8) is 0 Å². The number of carbonyl (C=O) groups is 1. The van der Waals surface area contributed by atoms with E-state index < -0.39 is 12.3 Å². The van der Waals surface area contributed by atoms with Crippen molar-refractivity contribution in [2.24, 2.45) is 0 Å². The Labute approximate surface area is 179 Å². The fourth-order valence-electron chi connectivity index (χ4n) is 3.67. The maximum absolute atomic E-state index is 12.4. The maximum Gasteiger partial charge on any atom is 0.373 e. The van der Waals surface area contributed by atoms with Crippen LogP contribution in [0.3, 0.4) is 0 Å². The highest BCUT2D eigenvalue weighted by atomic mass is 16.7. The van der Waals surface area contributed by atoms with Crippen LogP contribution >= 0.6 is 0 Å². The van der Waals surface area contributed by atoms with Crippen LogP contribution in [0.15, 0.2) is 41.7 Å². The zero-order chi connectivity index (χ0) is 21.3. The lowest BCUT2D eigenvalue weighted by molar-refractivity contribution is -0.162. The van der Waals surface area contributed by atoms with E-state index in [1.54, 1.807) is 13.0 Å². The van der Waals surface area contributed by atoms with Gasteiger partial charge in [-0.05, 0) is 86.9 Å². The van der Waals surface area contributed by atoms with Crippen LogP contribution in [0.1, 0.15) is 55.7 Å². The summed E-state index contributed by atoms with van der Waals surface area (Å²) in [4.78, 5) is 12.4. The topological polar surface area (TPSA) is 54.0 Å². The Morgan fingerprint density at radius 3 is 2.63 bits per heavy atom. The highest BCUT2D eigenvalue weighted by Gasteiger charge is 2.21. The molecule has 2 aliphatic rings. The molecule has 0 radical (unpaired) electrons. The van der Waals surface area contributed by atoms with Gasteiger partial charge in [-0.1, -0.05) is 18.2 Å². The summed E-state index contributed by atoms with van der Waals surface area (Å²) >= 11 is 0. The minimum absolute atomic E-state index is 0.175. The minimum atomic E-state index is -0.474. The normalized spacial score (nSPS) is 19.2. The fourth-order valence-corrected chi connectivity index (χ4v) is 3.67. The number of ether oxygens (including phenoxy) is 4. The van der Waals surface area contributed by atoms with Crippen molar-refractivity contribution >= 4 is 12.0 Å². The van der Waals surface area contributed by atoms with Crippen LogP contribution < -0.4 is 4.74 Å². The lowest BCUT2D eigenvalue weighted by Gasteiger charge is -2.24. The second-order valence-corrected chi connectivity index (χ2v) is 7.67. The quantitative estimate of drug-likeness (QED) is 0.325. The average Bonchev–Trinajstić information content (AvgIpc) is 2.74. The molecule has 1 fully saturated rings. The predicted octanol–water partition coefficient (Wildman–Crippen LogP) is 5.41. The molecule has 1 aliphatic carbocycles. The Morgan fingerprint density at radius 2 is 2.00 bits per heavy atom. The molecule has 1 unspecified atom stereocenters. The van der Waals surface area contributed by atoms with Gasteiger partial charge in [-0.15, -0.1) is 0 Å². The van der Waals surface area contributed by atoms with Gasteiger partial charge in [0.15, 0.2) is 6.29 Å². The lowest BCUT2D eigenvalue weighted by atomic mass is 10.0. The van der Waals surface area contributed by atoms with Gasteiger partial charge in [-0.25, -0.2) is 4.79 Å². The van der Waals surface area contributed by atoms with Gasteiger partial charge in [-0.2, -0.15) is 0 Å². The number of hydrogen-bond donors (Lipinski definition) is 0. The van der Waals surface area contributed by atoms with Crippen molar-refractivity contribution in [1.29, 1.82) is 0 Å². The Balaban J connectivity index is 1.77. The molecular weight excluding hydrogens is 380 g/mol. The van der Waals surface area contributed by atoms with E-state index in [0.29, 0.717) is 19.8 Å². The molecule has 1 aromatic rings. The van der Waals surface area contributed by atoms with E-state index in [4.69, 9.17) is 18.9 Å². The molecule has 0 bridgehead atoms. The van der Waals surface area contributed by atoms with Gasteiger partial charge in [0, 0.05) is 6.42 Å². The highest BCUT2D eigenvalue weighted by molar-refractivity contribution is 5.91. The van der Waals surface area contributed by atoms with Crippen LogP contribution in [0, 0.1) is 13.8 Å². The van der Waals surface area contributed by atoms with Gasteiger partial charge in [0.1, 0.15) is 12.4 Å². The first-order valence-electron chi connectivity index (χ1n) is 10.8. The zero-order valence-electron chi connectivity index (χ0n) is 18.2. The smallest absolute Gasteiger partial charge is 0.373 e. The van der Waals surface area contributed by atoms with Crippen LogP contribution in [-0.4, -0.2) is 32.1 Å². The van der Waals surface area contributed by atoms with Gasteiger partial charge < -0.3 is 18.9 Å². The second kappa shape index (κ2) is 11.0. The first-order chi connectivity index (χ1) is 14.6. The predicted molar refractivity (Wildman–Crippen MR) is 117 cm³/mol. The van der Waals surface area contributed by atoms with Crippen molar-refractivity contribution in [3.8, 4) is 5.75 Å². The number of esters is 1. The molecule has 1 aromatic carbocycles. The number of rotatable bonds is 8. The first-order valence-corrected chi connectivity index (χ1v) is 10.8. The summed E-state index contributed by atoms with van der Waals surface area (Å²) in [7, 11) is 0. The molecule has 0 saturated carbocycles. The molecule has 0 N–H and O–H groups in total. The number of hydrogen-bond acceptors (Lipinski definition) is 5. The van der Waals surface area contributed by atoms with Crippen molar-refractivity contribution in [2.45, 2.75) is 59.2 Å².